The summed E-state index contributed by atoms with van der Waals surface area (Å²) in [6.07, 6.45) is 3.62. The van der Waals surface area contributed by atoms with E-state index in [0.717, 1.165) is 16.0 Å². The second kappa shape index (κ2) is 6.15. The van der Waals surface area contributed by atoms with E-state index in [9.17, 15) is 0 Å². The Labute approximate surface area is 130 Å². The standard InChI is InChI=1S/C16H23BrClN/c1-4-16(5-2)13(10-15(16)19-6-3)12-8-7-11(17)9-14(12)18/h7-9,13,15,19H,4-6,10H2,1-3H3. The molecule has 1 aromatic carbocycles. The molecule has 0 amide bonds. The predicted molar refractivity (Wildman–Crippen MR) is 87.0 cm³/mol. The third-order valence-electron chi connectivity index (χ3n) is 4.96. The van der Waals surface area contributed by atoms with E-state index in [1.165, 1.54) is 24.8 Å². The van der Waals surface area contributed by atoms with Crippen LogP contribution in [0.25, 0.3) is 0 Å². The molecule has 2 rings (SSSR count). The van der Waals surface area contributed by atoms with Gasteiger partial charge in [-0.25, -0.2) is 0 Å². The molecule has 1 saturated carbocycles. The van der Waals surface area contributed by atoms with Crippen molar-refractivity contribution in [2.75, 3.05) is 6.54 Å². The van der Waals surface area contributed by atoms with Crippen LogP contribution < -0.4 is 5.32 Å². The first kappa shape index (κ1) is 15.3. The van der Waals surface area contributed by atoms with Gasteiger partial charge in [0.2, 0.25) is 0 Å². The molecule has 1 nitrogen and oxygen atoms in total. The fourth-order valence-electron chi connectivity index (χ4n) is 3.78. The van der Waals surface area contributed by atoms with E-state index in [0.29, 0.717) is 17.4 Å². The highest BCUT2D eigenvalue weighted by Crippen LogP contribution is 2.58. The maximum Gasteiger partial charge on any atom is 0.0452 e. The van der Waals surface area contributed by atoms with Crippen LogP contribution in [0.3, 0.4) is 0 Å². The van der Waals surface area contributed by atoms with Gasteiger partial charge in [0.15, 0.2) is 0 Å². The molecule has 1 aliphatic rings. The van der Waals surface area contributed by atoms with Gasteiger partial charge in [-0.2, -0.15) is 0 Å². The minimum atomic E-state index is 0.369. The van der Waals surface area contributed by atoms with E-state index >= 15 is 0 Å². The number of nitrogens with one attached hydrogen (secondary N) is 1. The monoisotopic (exact) mass is 343 g/mol. The van der Waals surface area contributed by atoms with Gasteiger partial charge in [-0.15, -0.1) is 0 Å². The normalized spacial score (nSPS) is 25.1. The lowest BCUT2D eigenvalue weighted by Gasteiger charge is -2.57. The summed E-state index contributed by atoms with van der Waals surface area (Å²) in [5, 5.41) is 4.56. The molecule has 0 radical (unpaired) electrons. The fourth-order valence-corrected chi connectivity index (χ4v) is 4.58. The van der Waals surface area contributed by atoms with Gasteiger partial charge >= 0.3 is 0 Å². The van der Waals surface area contributed by atoms with Crippen molar-refractivity contribution in [1.29, 1.82) is 0 Å². The number of rotatable bonds is 5. The van der Waals surface area contributed by atoms with Crippen LogP contribution in [0.15, 0.2) is 22.7 Å². The summed E-state index contributed by atoms with van der Waals surface area (Å²) in [5.41, 5.74) is 1.69. The SMILES string of the molecule is CCNC1CC(c2ccc(Br)cc2Cl)C1(CC)CC. The number of benzene rings is 1. The number of halogens is 2. The first-order valence-electron chi connectivity index (χ1n) is 7.27. The van der Waals surface area contributed by atoms with Crippen molar-refractivity contribution in [3.05, 3.63) is 33.3 Å². The Kier molecular flexibility index (Phi) is 4.97. The van der Waals surface area contributed by atoms with E-state index in [1.54, 1.807) is 0 Å². The zero-order chi connectivity index (χ0) is 14.0. The van der Waals surface area contributed by atoms with Crippen molar-refractivity contribution in [2.24, 2.45) is 5.41 Å². The molecule has 19 heavy (non-hydrogen) atoms. The highest BCUT2D eigenvalue weighted by molar-refractivity contribution is 9.10. The Morgan fingerprint density at radius 2 is 2.00 bits per heavy atom. The van der Waals surface area contributed by atoms with Crippen molar-refractivity contribution in [1.82, 2.24) is 5.32 Å². The van der Waals surface area contributed by atoms with E-state index < -0.39 is 0 Å². The molecule has 1 fully saturated rings. The largest absolute Gasteiger partial charge is 0.314 e. The quantitative estimate of drug-likeness (QED) is 0.756. The summed E-state index contributed by atoms with van der Waals surface area (Å²) in [7, 11) is 0. The van der Waals surface area contributed by atoms with Crippen LogP contribution in [0.2, 0.25) is 5.02 Å². The third kappa shape index (κ3) is 2.59. The molecule has 1 aromatic rings. The van der Waals surface area contributed by atoms with Gasteiger partial charge in [-0.1, -0.05) is 54.4 Å². The van der Waals surface area contributed by atoms with Gasteiger partial charge in [-0.05, 0) is 54.8 Å². The lowest BCUT2D eigenvalue weighted by Crippen LogP contribution is -2.58. The molecule has 0 bridgehead atoms. The Balaban J connectivity index is 2.30. The maximum absolute atomic E-state index is 6.45. The first-order chi connectivity index (χ1) is 9.08. The molecule has 2 atom stereocenters. The van der Waals surface area contributed by atoms with Gasteiger partial charge in [0, 0.05) is 15.5 Å². The summed E-state index contributed by atoms with van der Waals surface area (Å²) in [5.74, 6) is 0.590. The molecule has 0 saturated heterocycles. The van der Waals surface area contributed by atoms with Crippen molar-refractivity contribution in [3.63, 3.8) is 0 Å². The molecule has 0 aliphatic heterocycles. The second-order valence-corrected chi connectivity index (χ2v) is 6.83. The van der Waals surface area contributed by atoms with Gasteiger partial charge < -0.3 is 5.32 Å². The van der Waals surface area contributed by atoms with Crippen LogP contribution in [-0.2, 0) is 0 Å². The Bertz CT molecular complexity index is 442. The zero-order valence-corrected chi connectivity index (χ0v) is 14.3. The molecule has 2 unspecified atom stereocenters. The summed E-state index contributed by atoms with van der Waals surface area (Å²) in [4.78, 5) is 0. The van der Waals surface area contributed by atoms with Gasteiger partial charge in [0.05, 0.1) is 0 Å². The highest BCUT2D eigenvalue weighted by Gasteiger charge is 2.52. The highest BCUT2D eigenvalue weighted by atomic mass is 79.9. The predicted octanol–water partition coefficient (Wildman–Crippen LogP) is 5.37. The molecule has 3 heteroatoms. The molecule has 1 N–H and O–H groups in total. The topological polar surface area (TPSA) is 12.0 Å². The second-order valence-electron chi connectivity index (χ2n) is 5.50. The Hall–Kier alpha value is -0.0500. The molecule has 1 aliphatic carbocycles. The Morgan fingerprint density at radius 1 is 1.32 bits per heavy atom. The lowest BCUT2D eigenvalue weighted by molar-refractivity contribution is 0.0211. The summed E-state index contributed by atoms with van der Waals surface area (Å²) >= 11 is 9.94. The van der Waals surface area contributed by atoms with Gasteiger partial charge in [0.25, 0.3) is 0 Å². The lowest BCUT2D eigenvalue weighted by atomic mass is 9.52. The van der Waals surface area contributed by atoms with E-state index in [-0.39, 0.29) is 0 Å². The van der Waals surface area contributed by atoms with Gasteiger partial charge in [-0.3, -0.25) is 0 Å². The fraction of sp³-hybridized carbons (Fsp3) is 0.625. The van der Waals surface area contributed by atoms with Crippen LogP contribution in [-0.4, -0.2) is 12.6 Å². The van der Waals surface area contributed by atoms with Crippen LogP contribution in [0.1, 0.15) is 51.5 Å². The van der Waals surface area contributed by atoms with Crippen molar-refractivity contribution < 1.29 is 0 Å². The van der Waals surface area contributed by atoms with Gasteiger partial charge in [0.1, 0.15) is 0 Å². The minimum Gasteiger partial charge on any atom is -0.314 e. The van der Waals surface area contributed by atoms with Crippen LogP contribution in [0.4, 0.5) is 0 Å². The Morgan fingerprint density at radius 3 is 2.53 bits per heavy atom. The molecule has 0 aromatic heterocycles. The third-order valence-corrected chi connectivity index (χ3v) is 5.78. The molecular weight excluding hydrogens is 322 g/mol. The first-order valence-corrected chi connectivity index (χ1v) is 8.44. The molecule has 106 valence electrons. The van der Waals surface area contributed by atoms with Crippen LogP contribution in [0.5, 0.6) is 0 Å². The van der Waals surface area contributed by atoms with Crippen LogP contribution >= 0.6 is 27.5 Å². The van der Waals surface area contributed by atoms with Crippen molar-refractivity contribution in [2.45, 2.75) is 52.0 Å². The molecule has 0 spiro atoms. The number of hydrogen-bond acceptors (Lipinski definition) is 1. The average Bonchev–Trinajstić information content (AvgIpc) is 2.37. The van der Waals surface area contributed by atoms with Crippen molar-refractivity contribution >= 4 is 27.5 Å². The van der Waals surface area contributed by atoms with Crippen LogP contribution in [0, 0.1) is 5.41 Å². The van der Waals surface area contributed by atoms with E-state index in [4.69, 9.17) is 11.6 Å². The smallest absolute Gasteiger partial charge is 0.0452 e. The minimum absolute atomic E-state index is 0.369. The molecule has 0 heterocycles. The summed E-state index contributed by atoms with van der Waals surface area (Å²) in [6, 6.07) is 6.96. The van der Waals surface area contributed by atoms with E-state index in [2.05, 4.69) is 54.2 Å². The zero-order valence-electron chi connectivity index (χ0n) is 12.0. The maximum atomic E-state index is 6.45. The molecular formula is C16H23BrClN. The summed E-state index contributed by atoms with van der Waals surface area (Å²) in [6.45, 7) is 7.86. The van der Waals surface area contributed by atoms with E-state index in [1.807, 2.05) is 6.07 Å². The average molecular weight is 345 g/mol. The van der Waals surface area contributed by atoms with Crippen molar-refractivity contribution in [3.8, 4) is 0 Å². The number of hydrogen-bond donors (Lipinski definition) is 1. The summed E-state index contributed by atoms with van der Waals surface area (Å²) < 4.78 is 1.06.